The Morgan fingerprint density at radius 3 is 2.86 bits per heavy atom. The topological polar surface area (TPSA) is 114 Å². The van der Waals surface area contributed by atoms with Gasteiger partial charge in [-0.05, 0) is 38.7 Å². The fraction of sp³-hybridized carbons (Fsp3) is 0.292. The van der Waals surface area contributed by atoms with Crippen LogP contribution >= 0.6 is 0 Å². The van der Waals surface area contributed by atoms with Gasteiger partial charge < -0.3 is 19.9 Å². The average molecular weight is 475 g/mol. The Bertz CT molecular complexity index is 1390. The molecule has 1 aliphatic rings. The summed E-state index contributed by atoms with van der Waals surface area (Å²) >= 11 is 0. The molecule has 0 amide bonds. The van der Waals surface area contributed by atoms with E-state index in [1.807, 2.05) is 43.4 Å². The molecule has 11 heteroatoms. The molecule has 5 rings (SSSR count). The predicted molar refractivity (Wildman–Crippen MR) is 133 cm³/mol. The van der Waals surface area contributed by atoms with Gasteiger partial charge >= 0.3 is 0 Å². The van der Waals surface area contributed by atoms with E-state index in [0.717, 1.165) is 24.0 Å². The highest BCUT2D eigenvalue weighted by Crippen LogP contribution is 2.40. The maximum absolute atomic E-state index is 12.0. The fourth-order valence-corrected chi connectivity index (χ4v) is 4.43. The largest absolute Gasteiger partial charge is 0.494 e. The first-order valence-electron chi connectivity index (χ1n) is 11.2. The third-order valence-corrected chi connectivity index (χ3v) is 6.33. The average Bonchev–Trinajstić information content (AvgIpc) is 3.52. The van der Waals surface area contributed by atoms with Crippen molar-refractivity contribution in [2.45, 2.75) is 12.5 Å². The van der Waals surface area contributed by atoms with E-state index < -0.39 is 0 Å². The first-order valence-corrected chi connectivity index (χ1v) is 11.2. The third-order valence-electron chi connectivity index (χ3n) is 6.33. The standard InChI is InChI=1S/C24H26N8O3/c1-29(2)16-8-11-30(15-16)21-13-23(35-3)19(12-22(21)32(33)34)28-24-25-9-7-18(27-24)17-14-26-31-10-5-4-6-20(17)31/h4-7,9-10,12-14,16H,8,11,15H2,1-3H3,(H,25,27,28)/t16-/m1/s1. The molecule has 4 aromatic rings. The summed E-state index contributed by atoms with van der Waals surface area (Å²) in [7, 11) is 5.59. The van der Waals surface area contributed by atoms with Crippen LogP contribution in [0.3, 0.4) is 0 Å². The molecule has 0 spiro atoms. The van der Waals surface area contributed by atoms with Crippen LogP contribution in [-0.4, -0.2) is 69.7 Å². The monoisotopic (exact) mass is 474 g/mol. The van der Waals surface area contributed by atoms with Crippen molar-refractivity contribution in [3.05, 3.63) is 65.1 Å². The predicted octanol–water partition coefficient (Wildman–Crippen LogP) is 3.59. The molecule has 0 radical (unpaired) electrons. The number of fused-ring (bicyclic) bond motifs is 1. The summed E-state index contributed by atoms with van der Waals surface area (Å²) in [5.41, 5.74) is 3.42. The van der Waals surface area contributed by atoms with E-state index in [0.29, 0.717) is 41.4 Å². The van der Waals surface area contributed by atoms with Gasteiger partial charge in [0.05, 0.1) is 35.1 Å². The Hall–Kier alpha value is -4.25. The van der Waals surface area contributed by atoms with E-state index >= 15 is 0 Å². The third kappa shape index (κ3) is 4.33. The quantitative estimate of drug-likeness (QED) is 0.317. The Balaban J connectivity index is 1.48. The zero-order valence-electron chi connectivity index (χ0n) is 19.8. The smallest absolute Gasteiger partial charge is 0.294 e. The lowest BCUT2D eigenvalue weighted by Gasteiger charge is -2.22. The van der Waals surface area contributed by atoms with Crippen molar-refractivity contribution in [1.29, 1.82) is 0 Å². The van der Waals surface area contributed by atoms with Gasteiger partial charge in [-0.2, -0.15) is 5.10 Å². The molecule has 1 fully saturated rings. The Kier molecular flexibility index (Phi) is 5.91. The summed E-state index contributed by atoms with van der Waals surface area (Å²) < 4.78 is 7.37. The Labute approximate surface area is 202 Å². The van der Waals surface area contributed by atoms with E-state index in [9.17, 15) is 10.1 Å². The second-order valence-corrected chi connectivity index (χ2v) is 8.63. The van der Waals surface area contributed by atoms with Crippen LogP contribution in [0.5, 0.6) is 5.75 Å². The summed E-state index contributed by atoms with van der Waals surface area (Å²) in [6.07, 6.45) is 6.19. The van der Waals surface area contributed by atoms with Gasteiger partial charge in [-0.25, -0.2) is 14.5 Å². The minimum atomic E-state index is -0.362. The molecule has 1 atom stereocenters. The molecule has 0 bridgehead atoms. The van der Waals surface area contributed by atoms with Gasteiger partial charge in [-0.15, -0.1) is 0 Å². The molecular formula is C24H26N8O3. The molecule has 3 aromatic heterocycles. The number of methoxy groups -OCH3 is 1. The number of nitrogens with one attached hydrogen (secondary N) is 1. The number of aromatic nitrogens is 4. The summed E-state index contributed by atoms with van der Waals surface area (Å²) in [4.78, 5) is 24.8. The minimum Gasteiger partial charge on any atom is -0.494 e. The van der Waals surface area contributed by atoms with Gasteiger partial charge in [0.25, 0.3) is 5.69 Å². The zero-order valence-corrected chi connectivity index (χ0v) is 19.8. The van der Waals surface area contributed by atoms with Crippen molar-refractivity contribution < 1.29 is 9.66 Å². The van der Waals surface area contributed by atoms with Crippen molar-refractivity contribution in [3.63, 3.8) is 0 Å². The summed E-state index contributed by atoms with van der Waals surface area (Å²) in [5, 5.41) is 19.5. The second kappa shape index (κ2) is 9.18. The number of pyridine rings is 1. The molecule has 1 N–H and O–H groups in total. The number of anilines is 3. The van der Waals surface area contributed by atoms with Gasteiger partial charge in [0.15, 0.2) is 0 Å². The number of nitro benzene ring substituents is 1. The van der Waals surface area contributed by atoms with Gasteiger partial charge in [0.1, 0.15) is 11.4 Å². The lowest BCUT2D eigenvalue weighted by molar-refractivity contribution is -0.384. The molecule has 35 heavy (non-hydrogen) atoms. The summed E-state index contributed by atoms with van der Waals surface area (Å²) in [6, 6.07) is 11.1. The molecule has 1 aliphatic heterocycles. The number of ether oxygens (including phenoxy) is 1. The van der Waals surface area contributed by atoms with Crippen LogP contribution in [0.25, 0.3) is 16.8 Å². The van der Waals surface area contributed by atoms with Crippen LogP contribution in [-0.2, 0) is 0 Å². The molecule has 4 heterocycles. The van der Waals surface area contributed by atoms with E-state index in [4.69, 9.17) is 4.74 Å². The molecule has 0 saturated carbocycles. The van der Waals surface area contributed by atoms with Crippen molar-refractivity contribution in [1.82, 2.24) is 24.5 Å². The molecule has 0 unspecified atom stereocenters. The first-order chi connectivity index (χ1) is 16.9. The van der Waals surface area contributed by atoms with Crippen molar-refractivity contribution in [2.75, 3.05) is 44.5 Å². The lowest BCUT2D eigenvalue weighted by Crippen LogP contribution is -2.31. The summed E-state index contributed by atoms with van der Waals surface area (Å²) in [6.45, 7) is 1.46. The highest BCUT2D eigenvalue weighted by atomic mass is 16.6. The molecular weight excluding hydrogens is 448 g/mol. The van der Waals surface area contributed by atoms with Crippen LogP contribution in [0.1, 0.15) is 6.42 Å². The normalized spacial score (nSPS) is 15.7. The zero-order chi connectivity index (χ0) is 24.5. The SMILES string of the molecule is COc1cc(N2CC[C@@H](N(C)C)C2)c([N+](=O)[O-])cc1Nc1nccc(-c2cnn3ccccc23)n1. The summed E-state index contributed by atoms with van der Waals surface area (Å²) in [5.74, 6) is 0.774. The number of nitrogens with zero attached hydrogens (tertiary/aromatic N) is 7. The molecule has 180 valence electrons. The van der Waals surface area contributed by atoms with Crippen molar-refractivity contribution in [3.8, 4) is 17.0 Å². The maximum atomic E-state index is 12.0. The van der Waals surface area contributed by atoms with Crippen LogP contribution < -0.4 is 15.0 Å². The number of hydrogen-bond acceptors (Lipinski definition) is 9. The number of nitro groups is 1. The number of benzene rings is 1. The van der Waals surface area contributed by atoms with Crippen molar-refractivity contribution >= 4 is 28.5 Å². The van der Waals surface area contributed by atoms with E-state index in [2.05, 4.69) is 25.3 Å². The van der Waals surface area contributed by atoms with E-state index in [-0.39, 0.29) is 10.6 Å². The van der Waals surface area contributed by atoms with Gasteiger partial charge in [0.2, 0.25) is 5.95 Å². The van der Waals surface area contributed by atoms with Crippen molar-refractivity contribution in [2.24, 2.45) is 0 Å². The number of likely N-dealkylation sites (N-methyl/N-ethyl adjacent to an activating group) is 1. The maximum Gasteiger partial charge on any atom is 0.294 e. The molecule has 1 aromatic carbocycles. The van der Waals surface area contributed by atoms with Gasteiger partial charge in [-0.1, -0.05) is 6.07 Å². The molecule has 0 aliphatic carbocycles. The minimum absolute atomic E-state index is 0.00601. The van der Waals surface area contributed by atoms with Crippen LogP contribution in [0.2, 0.25) is 0 Å². The highest BCUT2D eigenvalue weighted by Gasteiger charge is 2.30. The number of hydrogen-bond donors (Lipinski definition) is 1. The molecule has 11 nitrogen and oxygen atoms in total. The fourth-order valence-electron chi connectivity index (χ4n) is 4.43. The van der Waals surface area contributed by atoms with Crippen LogP contribution in [0.15, 0.2) is 55.0 Å². The highest BCUT2D eigenvalue weighted by molar-refractivity contribution is 5.79. The Morgan fingerprint density at radius 2 is 2.11 bits per heavy atom. The van der Waals surface area contributed by atoms with Crippen LogP contribution in [0.4, 0.5) is 23.0 Å². The van der Waals surface area contributed by atoms with E-state index in [1.54, 1.807) is 36.2 Å². The number of rotatable bonds is 7. The van der Waals surface area contributed by atoms with Crippen LogP contribution in [0, 0.1) is 10.1 Å². The molecule has 1 saturated heterocycles. The Morgan fingerprint density at radius 1 is 1.26 bits per heavy atom. The van der Waals surface area contributed by atoms with Gasteiger partial charge in [-0.3, -0.25) is 10.1 Å². The first kappa shape index (κ1) is 22.5. The van der Waals surface area contributed by atoms with E-state index in [1.165, 1.54) is 6.07 Å². The second-order valence-electron chi connectivity index (χ2n) is 8.63. The lowest BCUT2D eigenvalue weighted by atomic mass is 10.2. The van der Waals surface area contributed by atoms with Gasteiger partial charge in [0, 0.05) is 49.2 Å².